The standard InChI is InChI=1S/C12H14FNS/c1-14-8-11(13)7-9-2-3-12-10(6-9)4-5-15-12/h2-6,11,14H,7-8H2,1H3. The van der Waals surface area contributed by atoms with Gasteiger partial charge in [-0.25, -0.2) is 4.39 Å². The lowest BCUT2D eigenvalue weighted by atomic mass is 10.1. The zero-order valence-electron chi connectivity index (χ0n) is 8.66. The molecule has 0 saturated heterocycles. The summed E-state index contributed by atoms with van der Waals surface area (Å²) in [6.45, 7) is 0.418. The number of alkyl halides is 1. The van der Waals surface area contributed by atoms with Crippen molar-refractivity contribution in [1.82, 2.24) is 5.32 Å². The lowest BCUT2D eigenvalue weighted by Crippen LogP contribution is -2.21. The first-order valence-electron chi connectivity index (χ1n) is 5.04. The van der Waals surface area contributed by atoms with E-state index in [-0.39, 0.29) is 0 Å². The largest absolute Gasteiger partial charge is 0.317 e. The van der Waals surface area contributed by atoms with E-state index in [0.717, 1.165) is 5.56 Å². The lowest BCUT2D eigenvalue weighted by Gasteiger charge is -2.07. The maximum absolute atomic E-state index is 13.4. The van der Waals surface area contributed by atoms with Gasteiger partial charge in [-0.1, -0.05) is 12.1 Å². The van der Waals surface area contributed by atoms with Crippen molar-refractivity contribution >= 4 is 21.4 Å². The number of halogens is 1. The zero-order valence-corrected chi connectivity index (χ0v) is 9.48. The number of hydrogen-bond donors (Lipinski definition) is 1. The molecule has 0 fully saturated rings. The summed E-state index contributed by atoms with van der Waals surface area (Å²) in [4.78, 5) is 0. The summed E-state index contributed by atoms with van der Waals surface area (Å²) in [7, 11) is 1.77. The molecule has 1 heterocycles. The van der Waals surface area contributed by atoms with Crippen LogP contribution in [-0.2, 0) is 6.42 Å². The second-order valence-corrected chi connectivity index (χ2v) is 4.60. The Kier molecular flexibility index (Phi) is 3.34. The smallest absolute Gasteiger partial charge is 0.116 e. The first-order chi connectivity index (χ1) is 7.29. The first-order valence-corrected chi connectivity index (χ1v) is 5.92. The minimum atomic E-state index is -0.800. The number of hydrogen-bond acceptors (Lipinski definition) is 2. The van der Waals surface area contributed by atoms with Gasteiger partial charge in [-0.05, 0) is 35.5 Å². The Morgan fingerprint density at radius 1 is 1.40 bits per heavy atom. The van der Waals surface area contributed by atoms with Crippen molar-refractivity contribution < 1.29 is 4.39 Å². The third-order valence-corrected chi connectivity index (χ3v) is 3.30. The Hall–Kier alpha value is -0.930. The Morgan fingerprint density at radius 3 is 3.07 bits per heavy atom. The van der Waals surface area contributed by atoms with Crippen LogP contribution in [-0.4, -0.2) is 19.8 Å². The maximum atomic E-state index is 13.4. The molecule has 1 atom stereocenters. The van der Waals surface area contributed by atoms with Gasteiger partial charge < -0.3 is 5.32 Å². The van der Waals surface area contributed by atoms with Crippen LogP contribution in [0.4, 0.5) is 4.39 Å². The molecule has 1 aromatic carbocycles. The molecule has 2 aromatic rings. The van der Waals surface area contributed by atoms with Crippen LogP contribution in [0.25, 0.3) is 10.1 Å². The molecule has 1 unspecified atom stereocenters. The first kappa shape index (κ1) is 10.6. The van der Waals surface area contributed by atoms with E-state index in [2.05, 4.69) is 28.9 Å². The highest BCUT2D eigenvalue weighted by Gasteiger charge is 2.06. The van der Waals surface area contributed by atoms with Gasteiger partial charge in [0.1, 0.15) is 6.17 Å². The highest BCUT2D eigenvalue weighted by molar-refractivity contribution is 7.17. The van der Waals surface area contributed by atoms with E-state index in [1.807, 2.05) is 6.07 Å². The van der Waals surface area contributed by atoms with E-state index in [1.165, 1.54) is 10.1 Å². The molecular formula is C12H14FNS. The molecule has 0 bridgehead atoms. The van der Waals surface area contributed by atoms with Crippen LogP contribution in [0.1, 0.15) is 5.56 Å². The van der Waals surface area contributed by atoms with Crippen LogP contribution in [0.3, 0.4) is 0 Å². The summed E-state index contributed by atoms with van der Waals surface area (Å²) in [5.41, 5.74) is 1.07. The van der Waals surface area contributed by atoms with E-state index in [4.69, 9.17) is 0 Å². The second kappa shape index (κ2) is 4.73. The molecule has 0 aliphatic rings. The Labute approximate surface area is 92.9 Å². The fraction of sp³-hybridized carbons (Fsp3) is 0.333. The highest BCUT2D eigenvalue weighted by atomic mass is 32.1. The van der Waals surface area contributed by atoms with E-state index >= 15 is 0 Å². The predicted molar refractivity (Wildman–Crippen MR) is 64.4 cm³/mol. The van der Waals surface area contributed by atoms with Gasteiger partial charge in [0.05, 0.1) is 0 Å². The summed E-state index contributed by atoms with van der Waals surface area (Å²) in [5, 5.41) is 6.13. The second-order valence-electron chi connectivity index (χ2n) is 3.65. The van der Waals surface area contributed by atoms with Crippen LogP contribution >= 0.6 is 11.3 Å². The molecule has 2 rings (SSSR count). The van der Waals surface area contributed by atoms with Crippen LogP contribution < -0.4 is 5.32 Å². The zero-order chi connectivity index (χ0) is 10.7. The molecule has 0 radical (unpaired) electrons. The van der Waals surface area contributed by atoms with Crippen molar-refractivity contribution in [3.63, 3.8) is 0 Å². The molecule has 15 heavy (non-hydrogen) atoms. The van der Waals surface area contributed by atoms with Gasteiger partial charge in [0.25, 0.3) is 0 Å². The lowest BCUT2D eigenvalue weighted by molar-refractivity contribution is 0.324. The fourth-order valence-electron chi connectivity index (χ4n) is 1.69. The maximum Gasteiger partial charge on any atom is 0.116 e. The minimum Gasteiger partial charge on any atom is -0.317 e. The molecule has 0 aliphatic heterocycles. The van der Waals surface area contributed by atoms with Gasteiger partial charge >= 0.3 is 0 Å². The molecule has 1 nitrogen and oxygen atoms in total. The van der Waals surface area contributed by atoms with E-state index < -0.39 is 6.17 Å². The topological polar surface area (TPSA) is 12.0 Å². The van der Waals surface area contributed by atoms with Gasteiger partial charge in [-0.3, -0.25) is 0 Å². The number of benzene rings is 1. The Morgan fingerprint density at radius 2 is 2.27 bits per heavy atom. The molecule has 1 aromatic heterocycles. The molecule has 1 N–H and O–H groups in total. The van der Waals surface area contributed by atoms with Gasteiger partial charge in [0, 0.05) is 17.7 Å². The molecular weight excluding hydrogens is 209 g/mol. The minimum absolute atomic E-state index is 0.418. The number of thiophene rings is 1. The van der Waals surface area contributed by atoms with Crippen molar-refractivity contribution in [3.05, 3.63) is 35.2 Å². The SMILES string of the molecule is CNCC(F)Cc1ccc2sccc2c1. The fourth-order valence-corrected chi connectivity index (χ4v) is 2.46. The van der Waals surface area contributed by atoms with E-state index in [9.17, 15) is 4.39 Å². The number of nitrogens with one attached hydrogen (secondary N) is 1. The predicted octanol–water partition coefficient (Wildman–Crippen LogP) is 3.00. The third-order valence-electron chi connectivity index (χ3n) is 2.40. The van der Waals surface area contributed by atoms with Gasteiger partial charge in [-0.15, -0.1) is 11.3 Å². The molecule has 0 spiro atoms. The quantitative estimate of drug-likeness (QED) is 0.840. The summed E-state index contributed by atoms with van der Waals surface area (Å²) < 4.78 is 14.6. The number of fused-ring (bicyclic) bond motifs is 1. The van der Waals surface area contributed by atoms with Crippen molar-refractivity contribution in [2.24, 2.45) is 0 Å². The van der Waals surface area contributed by atoms with Crippen LogP contribution in [0.2, 0.25) is 0 Å². The van der Waals surface area contributed by atoms with Crippen LogP contribution in [0.5, 0.6) is 0 Å². The third kappa shape index (κ3) is 2.55. The van der Waals surface area contributed by atoms with Gasteiger partial charge in [-0.2, -0.15) is 0 Å². The van der Waals surface area contributed by atoms with E-state index in [0.29, 0.717) is 13.0 Å². The van der Waals surface area contributed by atoms with E-state index in [1.54, 1.807) is 18.4 Å². The van der Waals surface area contributed by atoms with Gasteiger partial charge in [0.15, 0.2) is 0 Å². The summed E-state index contributed by atoms with van der Waals surface area (Å²) >= 11 is 1.72. The highest BCUT2D eigenvalue weighted by Crippen LogP contribution is 2.22. The van der Waals surface area contributed by atoms with Crippen molar-refractivity contribution in [2.75, 3.05) is 13.6 Å². The number of rotatable bonds is 4. The Bertz CT molecular complexity index is 438. The molecule has 3 heteroatoms. The Balaban J connectivity index is 2.14. The van der Waals surface area contributed by atoms with Crippen molar-refractivity contribution in [3.8, 4) is 0 Å². The average molecular weight is 223 g/mol. The summed E-state index contributed by atoms with van der Waals surface area (Å²) in [6, 6.07) is 8.24. The normalized spacial score (nSPS) is 13.2. The summed E-state index contributed by atoms with van der Waals surface area (Å²) in [5.74, 6) is 0. The molecule has 0 amide bonds. The van der Waals surface area contributed by atoms with Crippen LogP contribution in [0, 0.1) is 0 Å². The van der Waals surface area contributed by atoms with Crippen molar-refractivity contribution in [1.29, 1.82) is 0 Å². The van der Waals surface area contributed by atoms with Gasteiger partial charge in [0.2, 0.25) is 0 Å². The monoisotopic (exact) mass is 223 g/mol. The van der Waals surface area contributed by atoms with Crippen LogP contribution in [0.15, 0.2) is 29.6 Å². The average Bonchev–Trinajstić information content (AvgIpc) is 2.65. The summed E-state index contributed by atoms with van der Waals surface area (Å²) in [6.07, 6.45) is -0.307. The molecule has 80 valence electrons. The molecule has 0 aliphatic carbocycles. The molecule has 0 saturated carbocycles. The van der Waals surface area contributed by atoms with Crippen molar-refractivity contribution in [2.45, 2.75) is 12.6 Å².